The second-order valence-corrected chi connectivity index (χ2v) is 7.66. The number of rotatable bonds is 7. The predicted molar refractivity (Wildman–Crippen MR) is 119 cm³/mol. The number of ether oxygens (including phenoxy) is 1. The third-order valence-corrected chi connectivity index (χ3v) is 5.49. The molecule has 0 amide bonds. The van der Waals surface area contributed by atoms with Crippen molar-refractivity contribution in [2.24, 2.45) is 0 Å². The number of hydrogen-bond donors (Lipinski definition) is 0. The number of aromatic nitrogens is 2. The molecule has 0 saturated heterocycles. The lowest BCUT2D eigenvalue weighted by Crippen LogP contribution is -2.48. The highest BCUT2D eigenvalue weighted by atomic mass is 16.5. The molecule has 6 nitrogen and oxygen atoms in total. The molecule has 1 aromatic heterocycles. The van der Waals surface area contributed by atoms with E-state index in [1.807, 2.05) is 47.9 Å². The van der Waals surface area contributed by atoms with Gasteiger partial charge in [0.1, 0.15) is 0 Å². The first-order chi connectivity index (χ1) is 14.7. The fourth-order valence-corrected chi connectivity index (χ4v) is 3.91. The zero-order valence-electron chi connectivity index (χ0n) is 17.6. The minimum Gasteiger partial charge on any atom is -0.385 e. The van der Waals surface area contributed by atoms with Crippen molar-refractivity contribution < 1.29 is 4.74 Å². The number of fused-ring (bicyclic) bond motifs is 1. The van der Waals surface area contributed by atoms with Crippen molar-refractivity contribution in [1.82, 2.24) is 14.5 Å². The summed E-state index contributed by atoms with van der Waals surface area (Å²) in [6, 6.07) is 20.2. The van der Waals surface area contributed by atoms with Crippen molar-refractivity contribution in [2.45, 2.75) is 26.4 Å². The zero-order chi connectivity index (χ0) is 20.9. The van der Waals surface area contributed by atoms with Gasteiger partial charge in [-0.1, -0.05) is 48.5 Å². The van der Waals surface area contributed by atoms with E-state index in [4.69, 9.17) is 9.72 Å². The van der Waals surface area contributed by atoms with Crippen molar-refractivity contribution >= 4 is 11.6 Å². The molecule has 3 aromatic rings. The molecule has 30 heavy (non-hydrogen) atoms. The molecule has 156 valence electrons. The van der Waals surface area contributed by atoms with E-state index in [0.29, 0.717) is 32.3 Å². The van der Waals surface area contributed by atoms with Crippen LogP contribution in [-0.2, 0) is 17.8 Å². The molecular formula is C24H28N4O2. The van der Waals surface area contributed by atoms with Crippen molar-refractivity contribution in [1.29, 1.82) is 0 Å². The number of nitrogens with zero attached hydrogens (tertiary/aromatic N) is 4. The summed E-state index contributed by atoms with van der Waals surface area (Å²) in [6.07, 6.45) is 1.51. The van der Waals surface area contributed by atoms with Gasteiger partial charge in [0.2, 0.25) is 5.95 Å². The summed E-state index contributed by atoms with van der Waals surface area (Å²) >= 11 is 0. The summed E-state index contributed by atoms with van der Waals surface area (Å²) in [7, 11) is 1.72. The zero-order valence-corrected chi connectivity index (χ0v) is 17.6. The van der Waals surface area contributed by atoms with Crippen LogP contribution < -0.4 is 10.5 Å². The van der Waals surface area contributed by atoms with Crippen LogP contribution in [0.5, 0.6) is 0 Å². The third kappa shape index (κ3) is 4.30. The van der Waals surface area contributed by atoms with Crippen LogP contribution in [0.1, 0.15) is 23.2 Å². The van der Waals surface area contributed by atoms with E-state index in [1.165, 1.54) is 0 Å². The fourth-order valence-electron chi connectivity index (χ4n) is 3.91. The quantitative estimate of drug-likeness (QED) is 0.564. The molecule has 0 unspecified atom stereocenters. The van der Waals surface area contributed by atoms with Gasteiger partial charge >= 0.3 is 0 Å². The average Bonchev–Trinajstić information content (AvgIpc) is 2.78. The number of anilines is 2. The minimum absolute atomic E-state index is 0.0405. The van der Waals surface area contributed by atoms with E-state index < -0.39 is 0 Å². The number of hydrogen-bond acceptors (Lipinski definition) is 5. The van der Waals surface area contributed by atoms with Crippen LogP contribution in [0.2, 0.25) is 0 Å². The summed E-state index contributed by atoms with van der Waals surface area (Å²) in [5.74, 6) is 0.712. The van der Waals surface area contributed by atoms with E-state index in [1.54, 1.807) is 7.11 Å². The number of para-hydroxylation sites is 1. The Bertz CT molecular complexity index is 1030. The highest BCUT2D eigenvalue weighted by Gasteiger charge is 2.27. The second kappa shape index (κ2) is 9.24. The molecule has 0 radical (unpaired) electrons. The molecule has 0 aliphatic carbocycles. The largest absolute Gasteiger partial charge is 0.385 e. The summed E-state index contributed by atoms with van der Waals surface area (Å²) in [4.78, 5) is 22.8. The highest BCUT2D eigenvalue weighted by Crippen LogP contribution is 2.27. The molecular weight excluding hydrogens is 376 g/mol. The van der Waals surface area contributed by atoms with Gasteiger partial charge in [-0.3, -0.25) is 19.2 Å². The molecule has 2 heterocycles. The van der Waals surface area contributed by atoms with Crippen LogP contribution in [0.3, 0.4) is 0 Å². The van der Waals surface area contributed by atoms with E-state index in [2.05, 4.69) is 34.1 Å². The third-order valence-electron chi connectivity index (χ3n) is 5.49. The molecule has 0 bridgehead atoms. The maximum Gasteiger partial charge on any atom is 0.259 e. The Morgan fingerprint density at radius 3 is 2.40 bits per heavy atom. The van der Waals surface area contributed by atoms with Gasteiger partial charge in [0, 0.05) is 37.9 Å². The molecule has 2 aromatic carbocycles. The molecule has 0 fully saturated rings. The first-order valence-corrected chi connectivity index (χ1v) is 10.4. The van der Waals surface area contributed by atoms with E-state index >= 15 is 0 Å². The van der Waals surface area contributed by atoms with E-state index in [-0.39, 0.29) is 5.56 Å². The highest BCUT2D eigenvalue weighted by molar-refractivity contribution is 5.58. The van der Waals surface area contributed by atoms with Crippen molar-refractivity contribution in [3.05, 3.63) is 87.8 Å². The normalized spacial score (nSPS) is 14.0. The Morgan fingerprint density at radius 1 is 1.00 bits per heavy atom. The summed E-state index contributed by atoms with van der Waals surface area (Å²) in [5, 5.41) is 0. The first kappa shape index (κ1) is 20.3. The molecule has 1 aliphatic heterocycles. The Balaban J connectivity index is 1.74. The van der Waals surface area contributed by atoms with Gasteiger partial charge in [-0.15, -0.1) is 0 Å². The molecule has 6 heteroatoms. The molecule has 0 N–H and O–H groups in total. The van der Waals surface area contributed by atoms with Gasteiger partial charge in [-0.25, -0.2) is 4.98 Å². The Hall–Kier alpha value is -2.96. The lowest BCUT2D eigenvalue weighted by molar-refractivity contribution is 0.150. The second-order valence-electron chi connectivity index (χ2n) is 7.66. The maximum atomic E-state index is 13.5. The summed E-state index contributed by atoms with van der Waals surface area (Å²) in [6.45, 7) is 4.72. The SMILES string of the molecule is COCCCN1CN(c2ccccc2)c2nc(C)c(Cc3ccccc3)c(=O)n2C1. The Kier molecular flexibility index (Phi) is 6.26. The molecule has 0 spiro atoms. The molecule has 4 rings (SSSR count). The topological polar surface area (TPSA) is 50.6 Å². The van der Waals surface area contributed by atoms with Crippen molar-refractivity contribution in [3.8, 4) is 0 Å². The van der Waals surface area contributed by atoms with E-state index in [9.17, 15) is 4.79 Å². The monoisotopic (exact) mass is 404 g/mol. The fraction of sp³-hybridized carbons (Fsp3) is 0.333. The number of methoxy groups -OCH3 is 1. The van der Waals surface area contributed by atoms with Gasteiger partial charge in [0.15, 0.2) is 0 Å². The van der Waals surface area contributed by atoms with Crippen LogP contribution in [0.4, 0.5) is 11.6 Å². The van der Waals surface area contributed by atoms with Crippen molar-refractivity contribution in [3.63, 3.8) is 0 Å². The Morgan fingerprint density at radius 2 is 1.70 bits per heavy atom. The van der Waals surface area contributed by atoms with Crippen LogP contribution in [0.15, 0.2) is 65.5 Å². The molecule has 1 aliphatic rings. The smallest absolute Gasteiger partial charge is 0.259 e. The van der Waals surface area contributed by atoms with Gasteiger partial charge < -0.3 is 4.74 Å². The van der Waals surface area contributed by atoms with Gasteiger partial charge in [-0.2, -0.15) is 0 Å². The van der Waals surface area contributed by atoms with Crippen LogP contribution >= 0.6 is 0 Å². The van der Waals surface area contributed by atoms with Gasteiger partial charge in [0.25, 0.3) is 5.56 Å². The summed E-state index contributed by atoms with van der Waals surface area (Å²) < 4.78 is 7.03. The number of aryl methyl sites for hydroxylation is 1. The van der Waals surface area contributed by atoms with Crippen LogP contribution in [0.25, 0.3) is 0 Å². The van der Waals surface area contributed by atoms with Gasteiger partial charge in [0.05, 0.1) is 19.0 Å². The Labute approximate surface area is 177 Å². The lowest BCUT2D eigenvalue weighted by Gasteiger charge is -2.38. The van der Waals surface area contributed by atoms with Crippen LogP contribution in [-0.4, -0.2) is 41.4 Å². The first-order valence-electron chi connectivity index (χ1n) is 10.4. The summed E-state index contributed by atoms with van der Waals surface area (Å²) in [5.41, 5.74) is 3.75. The van der Waals surface area contributed by atoms with Crippen LogP contribution in [0, 0.1) is 6.92 Å². The predicted octanol–water partition coefficient (Wildman–Crippen LogP) is 3.55. The molecule has 0 atom stereocenters. The standard InChI is InChI=1S/C24H28N4O2/c1-19-22(16-20-10-5-3-6-11-20)23(29)28-18-26(14-9-15-30-2)17-27(24(28)25-19)21-12-7-4-8-13-21/h3-8,10-13H,9,14-18H2,1-2H3. The van der Waals surface area contributed by atoms with Crippen molar-refractivity contribution in [2.75, 3.05) is 31.8 Å². The lowest BCUT2D eigenvalue weighted by atomic mass is 10.1. The molecule has 0 saturated carbocycles. The van der Waals surface area contributed by atoms with Gasteiger partial charge in [-0.05, 0) is 31.0 Å². The number of benzene rings is 2. The van der Waals surface area contributed by atoms with E-state index in [0.717, 1.165) is 35.5 Å². The minimum atomic E-state index is 0.0405. The average molecular weight is 405 g/mol. The maximum absolute atomic E-state index is 13.5.